The molecule has 0 fully saturated rings. The molecule has 0 aromatic rings. The Balaban J connectivity index is 3.99. The van der Waals surface area contributed by atoms with Crippen LogP contribution in [-0.4, -0.2) is 43.3 Å². The van der Waals surface area contributed by atoms with Crippen LogP contribution in [0.25, 0.3) is 0 Å². The molecule has 1 N–H and O–H groups in total. The molecule has 0 heterocycles. The van der Waals surface area contributed by atoms with Gasteiger partial charge < -0.3 is 14.4 Å². The molecule has 2 unspecified atom stereocenters. The smallest absolute Gasteiger partial charge is 0.462 e. The van der Waals surface area contributed by atoms with E-state index in [1.54, 1.807) is 0 Å². The van der Waals surface area contributed by atoms with Gasteiger partial charge in [0.25, 0.3) is 0 Å². The Bertz CT molecular complexity index is 1040. The minimum absolute atomic E-state index is 0.231. The summed E-state index contributed by atoms with van der Waals surface area (Å²) < 4.78 is 32.0. The van der Waals surface area contributed by atoms with Crippen LogP contribution in [0.15, 0.2) is 48.6 Å². The van der Waals surface area contributed by atoms with Gasteiger partial charge in [-0.1, -0.05) is 165 Å². The minimum atomic E-state index is -4.27. The van der Waals surface area contributed by atoms with Gasteiger partial charge in [0.05, 0.1) is 6.61 Å². The molecule has 0 spiro atoms. The van der Waals surface area contributed by atoms with E-state index in [-0.39, 0.29) is 25.4 Å². The van der Waals surface area contributed by atoms with Gasteiger partial charge in [0.15, 0.2) is 6.10 Å². The third-order valence-electron chi connectivity index (χ3n) is 9.55. The van der Waals surface area contributed by atoms with Gasteiger partial charge >= 0.3 is 19.8 Å². The van der Waals surface area contributed by atoms with Crippen LogP contribution in [0, 0.1) is 0 Å². The fraction of sp³-hybridized carbons (Fsp3) is 0.783. The first-order valence-corrected chi connectivity index (χ1v) is 23.8. The number of unbranched alkanes of at least 4 members (excludes halogenated alkanes) is 22. The van der Waals surface area contributed by atoms with Crippen LogP contribution in [0.2, 0.25) is 0 Å². The molecule has 0 bridgehead atoms. The van der Waals surface area contributed by atoms with Crippen LogP contribution >= 0.6 is 7.82 Å². The van der Waals surface area contributed by atoms with Crippen molar-refractivity contribution in [3.63, 3.8) is 0 Å². The zero-order valence-electron chi connectivity index (χ0n) is 35.6. The number of carbonyl (C=O) groups excluding carboxylic acids is 2. The lowest BCUT2D eigenvalue weighted by Crippen LogP contribution is -2.29. The highest BCUT2D eigenvalue weighted by Gasteiger charge is 2.24. The van der Waals surface area contributed by atoms with Crippen molar-refractivity contribution in [2.75, 3.05) is 20.3 Å². The molecule has 0 aromatic carbocycles. The molecule has 0 rings (SSSR count). The highest BCUT2D eigenvalue weighted by atomic mass is 31.2. The zero-order chi connectivity index (χ0) is 40.3. The van der Waals surface area contributed by atoms with E-state index in [1.807, 2.05) is 0 Å². The molecular weight excluding hydrogens is 711 g/mol. The number of carbonyl (C=O) groups is 2. The number of rotatable bonds is 41. The molecule has 0 aromatic heterocycles. The Labute approximate surface area is 338 Å². The van der Waals surface area contributed by atoms with Gasteiger partial charge in [-0.15, -0.1) is 0 Å². The molecule has 0 saturated heterocycles. The topological polar surface area (TPSA) is 108 Å². The lowest BCUT2D eigenvalue weighted by molar-refractivity contribution is -0.161. The van der Waals surface area contributed by atoms with E-state index in [1.165, 1.54) is 103 Å². The molecule has 0 aliphatic rings. The molecule has 55 heavy (non-hydrogen) atoms. The molecule has 0 radical (unpaired) electrons. The first kappa shape index (κ1) is 53.0. The fourth-order valence-corrected chi connectivity index (χ4v) is 6.53. The summed E-state index contributed by atoms with van der Waals surface area (Å²) in [4.78, 5) is 34.5. The lowest BCUT2D eigenvalue weighted by Gasteiger charge is -2.19. The van der Waals surface area contributed by atoms with E-state index in [2.05, 4.69) is 67.0 Å². The molecule has 320 valence electrons. The number of hydrogen-bond donors (Lipinski definition) is 1. The van der Waals surface area contributed by atoms with Crippen molar-refractivity contribution >= 4 is 19.8 Å². The standard InChI is InChI=1S/C46H83O8P/c1-4-6-8-10-12-14-16-18-20-22-23-25-27-29-31-33-35-37-39-41-46(48)54-44(43-53-55(49,50)51-3)42-52-45(47)40-38-36-34-32-30-28-26-24-21-19-17-15-13-11-9-7-5-2/h12-15,18-21,44H,4-11,16-17,22-43H2,1-3H3,(H,49,50)/b14-12-,15-13-,20-18-,21-19-. The second kappa shape index (κ2) is 41.6. The normalized spacial score (nSPS) is 13.7. The van der Waals surface area contributed by atoms with E-state index >= 15 is 0 Å². The van der Waals surface area contributed by atoms with Crippen molar-refractivity contribution in [1.29, 1.82) is 0 Å². The number of phosphoric acid groups is 1. The number of phosphoric ester groups is 1. The van der Waals surface area contributed by atoms with Crippen molar-refractivity contribution in [3.8, 4) is 0 Å². The Morgan fingerprint density at radius 3 is 1.27 bits per heavy atom. The van der Waals surface area contributed by atoms with Gasteiger partial charge in [-0.2, -0.15) is 0 Å². The lowest BCUT2D eigenvalue weighted by atomic mass is 10.1. The van der Waals surface area contributed by atoms with E-state index in [4.69, 9.17) is 14.0 Å². The van der Waals surface area contributed by atoms with Gasteiger partial charge in [-0.25, -0.2) is 4.57 Å². The summed E-state index contributed by atoms with van der Waals surface area (Å²) in [5.74, 6) is -0.816. The predicted octanol–water partition coefficient (Wildman–Crippen LogP) is 14.2. The van der Waals surface area contributed by atoms with E-state index in [0.29, 0.717) is 6.42 Å². The van der Waals surface area contributed by atoms with Gasteiger partial charge in [-0.05, 0) is 77.0 Å². The third kappa shape index (κ3) is 41.5. The van der Waals surface area contributed by atoms with Gasteiger partial charge in [0.2, 0.25) is 0 Å². The summed E-state index contributed by atoms with van der Waals surface area (Å²) in [6.45, 7) is 3.84. The maximum atomic E-state index is 12.5. The van der Waals surface area contributed by atoms with Crippen LogP contribution in [0.4, 0.5) is 0 Å². The van der Waals surface area contributed by atoms with Crippen LogP contribution in [0.5, 0.6) is 0 Å². The first-order chi connectivity index (χ1) is 26.8. The van der Waals surface area contributed by atoms with E-state index < -0.39 is 26.5 Å². The predicted molar refractivity (Wildman–Crippen MR) is 230 cm³/mol. The SMILES string of the molecule is CCCCC/C=C\C/C=C\CCCCCCCCCCCC(=O)OC(COC(=O)CCCCCCCCC/C=C\C/C=C\CCCCC)COP(=O)(O)OC. The van der Waals surface area contributed by atoms with Crippen LogP contribution in [0.3, 0.4) is 0 Å². The average molecular weight is 795 g/mol. The largest absolute Gasteiger partial charge is 0.472 e. The second-order valence-electron chi connectivity index (χ2n) is 14.8. The van der Waals surface area contributed by atoms with Crippen molar-refractivity contribution in [2.45, 2.75) is 213 Å². The van der Waals surface area contributed by atoms with E-state index in [0.717, 1.165) is 77.7 Å². The zero-order valence-corrected chi connectivity index (χ0v) is 36.5. The fourth-order valence-electron chi connectivity index (χ4n) is 6.07. The molecule has 2 atom stereocenters. The molecule has 0 aliphatic heterocycles. The van der Waals surface area contributed by atoms with Crippen LogP contribution < -0.4 is 0 Å². The van der Waals surface area contributed by atoms with Gasteiger partial charge in [0.1, 0.15) is 6.61 Å². The summed E-state index contributed by atoms with van der Waals surface area (Å²) in [7, 11) is -3.21. The Hall–Kier alpha value is -1.99. The highest BCUT2D eigenvalue weighted by Crippen LogP contribution is 2.42. The van der Waals surface area contributed by atoms with Gasteiger partial charge in [-0.3, -0.25) is 18.6 Å². The number of esters is 2. The summed E-state index contributed by atoms with van der Waals surface area (Å²) in [6.07, 6.45) is 50.1. The summed E-state index contributed by atoms with van der Waals surface area (Å²) in [5, 5.41) is 0. The average Bonchev–Trinajstić information content (AvgIpc) is 3.18. The molecule has 0 aliphatic carbocycles. The van der Waals surface area contributed by atoms with Crippen molar-refractivity contribution in [3.05, 3.63) is 48.6 Å². The van der Waals surface area contributed by atoms with Crippen molar-refractivity contribution in [2.24, 2.45) is 0 Å². The molecule has 8 nitrogen and oxygen atoms in total. The molecule has 0 amide bonds. The van der Waals surface area contributed by atoms with E-state index in [9.17, 15) is 19.0 Å². The summed E-state index contributed by atoms with van der Waals surface area (Å²) in [5.41, 5.74) is 0. The monoisotopic (exact) mass is 795 g/mol. The van der Waals surface area contributed by atoms with Crippen molar-refractivity contribution in [1.82, 2.24) is 0 Å². The summed E-state index contributed by atoms with van der Waals surface area (Å²) in [6, 6.07) is 0. The third-order valence-corrected chi connectivity index (χ3v) is 10.5. The molecular formula is C46H83O8P. The maximum Gasteiger partial charge on any atom is 0.472 e. The molecule has 0 saturated carbocycles. The highest BCUT2D eigenvalue weighted by molar-refractivity contribution is 7.47. The number of ether oxygens (including phenoxy) is 2. The quantitative estimate of drug-likeness (QED) is 0.0282. The summed E-state index contributed by atoms with van der Waals surface area (Å²) >= 11 is 0. The van der Waals surface area contributed by atoms with Gasteiger partial charge in [0, 0.05) is 20.0 Å². The Morgan fingerprint density at radius 2 is 0.873 bits per heavy atom. The Kier molecular flexibility index (Phi) is 40.1. The maximum absolute atomic E-state index is 12.5. The number of hydrogen-bond acceptors (Lipinski definition) is 7. The minimum Gasteiger partial charge on any atom is -0.462 e. The first-order valence-electron chi connectivity index (χ1n) is 22.3. The van der Waals surface area contributed by atoms with Crippen LogP contribution in [-0.2, 0) is 32.7 Å². The molecule has 9 heteroatoms. The second-order valence-corrected chi connectivity index (χ2v) is 16.4. The number of allylic oxidation sites excluding steroid dienone is 8. The van der Waals surface area contributed by atoms with Crippen molar-refractivity contribution < 1.29 is 37.6 Å². The Morgan fingerprint density at radius 1 is 0.509 bits per heavy atom. The van der Waals surface area contributed by atoms with Crippen LogP contribution in [0.1, 0.15) is 206 Å².